The maximum Gasteiger partial charge on any atom is 0.416 e. The number of rotatable bonds is 3. The van der Waals surface area contributed by atoms with Crippen LogP contribution in [0.15, 0.2) is 36.4 Å². The zero-order valence-electron chi connectivity index (χ0n) is 10.4. The molecule has 0 aliphatic carbocycles. The second-order valence-electron chi connectivity index (χ2n) is 4.33. The van der Waals surface area contributed by atoms with Crippen LogP contribution in [0.4, 0.5) is 23.2 Å². The largest absolute Gasteiger partial charge is 0.416 e. The van der Waals surface area contributed by atoms with E-state index in [9.17, 15) is 17.6 Å². The summed E-state index contributed by atoms with van der Waals surface area (Å²) in [5, 5.41) is 2.73. The van der Waals surface area contributed by atoms with Crippen LogP contribution in [0.2, 0.25) is 10.0 Å². The molecule has 0 amide bonds. The Bertz CT molecular complexity index is 656. The molecule has 0 saturated heterocycles. The Morgan fingerprint density at radius 3 is 2.33 bits per heavy atom. The second kappa shape index (κ2) is 6.12. The number of anilines is 1. The van der Waals surface area contributed by atoms with Gasteiger partial charge in [-0.1, -0.05) is 29.3 Å². The molecule has 0 spiro atoms. The van der Waals surface area contributed by atoms with Gasteiger partial charge in [0.05, 0.1) is 10.6 Å². The number of nitrogens with one attached hydrogen (secondary N) is 1. The molecule has 0 aliphatic heterocycles. The van der Waals surface area contributed by atoms with Gasteiger partial charge in [0, 0.05) is 17.3 Å². The van der Waals surface area contributed by atoms with Gasteiger partial charge in [0.25, 0.3) is 0 Å². The van der Waals surface area contributed by atoms with E-state index in [2.05, 4.69) is 5.32 Å². The van der Waals surface area contributed by atoms with Crippen molar-refractivity contribution in [2.75, 3.05) is 5.32 Å². The predicted molar refractivity (Wildman–Crippen MR) is 75.2 cm³/mol. The quantitative estimate of drug-likeness (QED) is 0.701. The lowest BCUT2D eigenvalue weighted by Crippen LogP contribution is -2.07. The first-order valence-corrected chi connectivity index (χ1v) is 6.57. The van der Waals surface area contributed by atoms with Crippen molar-refractivity contribution in [1.82, 2.24) is 0 Å². The highest BCUT2D eigenvalue weighted by molar-refractivity contribution is 6.31. The third-order valence-electron chi connectivity index (χ3n) is 2.71. The fourth-order valence-electron chi connectivity index (χ4n) is 1.71. The standard InChI is InChI=1S/C14H9Cl2F4N/c15-10-4-9(14(18,19)20)5-11(6-10)21-7-8-1-2-13(17)12(16)3-8/h1-6,21H,7H2. The third-order valence-corrected chi connectivity index (χ3v) is 3.21. The van der Waals surface area contributed by atoms with Crippen molar-refractivity contribution < 1.29 is 17.6 Å². The molecule has 21 heavy (non-hydrogen) atoms. The molecule has 112 valence electrons. The number of hydrogen-bond acceptors (Lipinski definition) is 1. The normalized spacial score (nSPS) is 11.5. The van der Waals surface area contributed by atoms with Crippen molar-refractivity contribution >= 4 is 28.9 Å². The Morgan fingerprint density at radius 1 is 1.00 bits per heavy atom. The van der Waals surface area contributed by atoms with Crippen molar-refractivity contribution in [3.8, 4) is 0 Å². The van der Waals surface area contributed by atoms with Gasteiger partial charge in [-0.25, -0.2) is 4.39 Å². The van der Waals surface area contributed by atoms with Crippen molar-refractivity contribution in [3.05, 3.63) is 63.4 Å². The van der Waals surface area contributed by atoms with Gasteiger partial charge in [0.2, 0.25) is 0 Å². The van der Waals surface area contributed by atoms with Crippen molar-refractivity contribution in [2.24, 2.45) is 0 Å². The summed E-state index contributed by atoms with van der Waals surface area (Å²) >= 11 is 11.3. The first-order chi connectivity index (χ1) is 9.75. The fraction of sp³-hybridized carbons (Fsp3) is 0.143. The Kier molecular flexibility index (Phi) is 4.64. The number of alkyl halides is 3. The minimum Gasteiger partial charge on any atom is -0.381 e. The van der Waals surface area contributed by atoms with Gasteiger partial charge in [0.15, 0.2) is 0 Å². The maximum atomic E-state index is 13.0. The number of benzene rings is 2. The SMILES string of the molecule is Fc1ccc(CNc2cc(Cl)cc(C(F)(F)F)c2)cc1Cl. The summed E-state index contributed by atoms with van der Waals surface area (Å²) in [5.41, 5.74) is 0.0137. The van der Waals surface area contributed by atoms with E-state index >= 15 is 0 Å². The summed E-state index contributed by atoms with van der Waals surface area (Å²) < 4.78 is 51.0. The van der Waals surface area contributed by atoms with Crippen LogP contribution in [-0.4, -0.2) is 0 Å². The monoisotopic (exact) mass is 337 g/mol. The molecule has 0 radical (unpaired) electrons. The minimum atomic E-state index is -4.47. The summed E-state index contributed by atoms with van der Waals surface area (Å²) in [4.78, 5) is 0. The average molecular weight is 338 g/mol. The molecule has 1 N–H and O–H groups in total. The molecule has 2 rings (SSSR count). The number of hydrogen-bond donors (Lipinski definition) is 1. The lowest BCUT2D eigenvalue weighted by molar-refractivity contribution is -0.137. The van der Waals surface area contributed by atoms with Crippen LogP contribution >= 0.6 is 23.2 Å². The van der Waals surface area contributed by atoms with Gasteiger partial charge in [-0.15, -0.1) is 0 Å². The number of halogens is 6. The molecular weight excluding hydrogens is 329 g/mol. The zero-order valence-corrected chi connectivity index (χ0v) is 12.0. The Hall–Kier alpha value is -1.46. The van der Waals surface area contributed by atoms with Crippen molar-refractivity contribution in [3.63, 3.8) is 0 Å². The van der Waals surface area contributed by atoms with E-state index in [-0.39, 0.29) is 22.3 Å². The fourth-order valence-corrected chi connectivity index (χ4v) is 2.15. The third kappa shape index (κ3) is 4.25. The average Bonchev–Trinajstić information content (AvgIpc) is 2.38. The molecule has 7 heteroatoms. The first kappa shape index (κ1) is 15.9. The van der Waals surface area contributed by atoms with E-state index in [4.69, 9.17) is 23.2 Å². The van der Waals surface area contributed by atoms with E-state index in [0.29, 0.717) is 5.56 Å². The second-order valence-corrected chi connectivity index (χ2v) is 5.17. The highest BCUT2D eigenvalue weighted by Gasteiger charge is 2.31. The summed E-state index contributed by atoms with van der Waals surface area (Å²) in [6, 6.07) is 7.27. The predicted octanol–water partition coefficient (Wildman–Crippen LogP) is 5.76. The van der Waals surface area contributed by atoms with Gasteiger partial charge in [-0.3, -0.25) is 0 Å². The van der Waals surface area contributed by atoms with Crippen LogP contribution in [0.5, 0.6) is 0 Å². The smallest absolute Gasteiger partial charge is 0.381 e. The molecular formula is C14H9Cl2F4N. The van der Waals surface area contributed by atoms with Gasteiger partial charge >= 0.3 is 6.18 Å². The summed E-state index contributed by atoms with van der Waals surface area (Å²) in [6.07, 6.45) is -4.47. The summed E-state index contributed by atoms with van der Waals surface area (Å²) in [5.74, 6) is -0.553. The van der Waals surface area contributed by atoms with Crippen LogP contribution < -0.4 is 5.32 Å². The lowest BCUT2D eigenvalue weighted by atomic mass is 10.1. The molecule has 2 aromatic carbocycles. The van der Waals surface area contributed by atoms with Gasteiger partial charge < -0.3 is 5.32 Å². The van der Waals surface area contributed by atoms with Gasteiger partial charge in [-0.2, -0.15) is 13.2 Å². The topological polar surface area (TPSA) is 12.0 Å². The van der Waals surface area contributed by atoms with Crippen LogP contribution in [0.25, 0.3) is 0 Å². The van der Waals surface area contributed by atoms with Crippen molar-refractivity contribution in [2.45, 2.75) is 12.7 Å². The van der Waals surface area contributed by atoms with E-state index in [1.54, 1.807) is 0 Å². The van der Waals surface area contributed by atoms with Crippen LogP contribution in [0.3, 0.4) is 0 Å². The first-order valence-electron chi connectivity index (χ1n) is 5.81. The van der Waals surface area contributed by atoms with Gasteiger partial charge in [0.1, 0.15) is 5.82 Å². The Labute approximate surface area is 128 Å². The molecule has 1 nitrogen and oxygen atoms in total. The molecule has 0 heterocycles. The summed E-state index contributed by atoms with van der Waals surface area (Å²) in [7, 11) is 0. The molecule has 0 unspecified atom stereocenters. The van der Waals surface area contributed by atoms with Crippen molar-refractivity contribution in [1.29, 1.82) is 0 Å². The molecule has 0 bridgehead atoms. The molecule has 0 atom stereocenters. The van der Waals surface area contributed by atoms with E-state index in [0.717, 1.165) is 12.1 Å². The van der Waals surface area contributed by atoms with E-state index in [1.165, 1.54) is 24.3 Å². The molecule has 0 aromatic heterocycles. The Balaban J connectivity index is 2.16. The lowest BCUT2D eigenvalue weighted by Gasteiger charge is -2.12. The van der Waals surface area contributed by atoms with Crippen LogP contribution in [0, 0.1) is 5.82 Å². The molecule has 0 aliphatic rings. The van der Waals surface area contributed by atoms with Crippen LogP contribution in [0.1, 0.15) is 11.1 Å². The molecule has 2 aromatic rings. The van der Waals surface area contributed by atoms with Crippen LogP contribution in [-0.2, 0) is 12.7 Å². The highest BCUT2D eigenvalue weighted by Crippen LogP contribution is 2.33. The maximum absolute atomic E-state index is 13.0. The highest BCUT2D eigenvalue weighted by atomic mass is 35.5. The summed E-state index contributed by atoms with van der Waals surface area (Å²) in [6.45, 7) is 0.192. The zero-order chi connectivity index (χ0) is 15.6. The molecule has 0 fully saturated rings. The van der Waals surface area contributed by atoms with E-state index in [1.807, 2.05) is 0 Å². The minimum absolute atomic E-state index is 0.0236. The Morgan fingerprint density at radius 2 is 1.71 bits per heavy atom. The van der Waals surface area contributed by atoms with E-state index < -0.39 is 17.6 Å². The molecule has 0 saturated carbocycles. The van der Waals surface area contributed by atoms with Gasteiger partial charge in [-0.05, 0) is 35.9 Å².